The molecule has 0 saturated carbocycles. The number of rotatable bonds is 5. The summed E-state index contributed by atoms with van der Waals surface area (Å²) in [5.74, 6) is 2.71. The first kappa shape index (κ1) is 28.1. The predicted octanol–water partition coefficient (Wildman–Crippen LogP) is 10.1. The van der Waals surface area contributed by atoms with Gasteiger partial charge in [0.1, 0.15) is 5.82 Å². The molecule has 234 valence electrons. The van der Waals surface area contributed by atoms with E-state index in [9.17, 15) is 0 Å². The number of nitrogens with one attached hydrogen (secondary N) is 1. The first-order valence-corrected chi connectivity index (χ1v) is 16.5. The minimum atomic E-state index is 0.412. The molecule has 10 aromatic rings. The maximum atomic E-state index is 5.09. The second-order valence-corrected chi connectivity index (χ2v) is 12.3. The highest BCUT2D eigenvalue weighted by Crippen LogP contribution is 2.36. The molecule has 0 aliphatic heterocycles. The quantitative estimate of drug-likeness (QED) is 0.202. The van der Waals surface area contributed by atoms with E-state index in [1.165, 1.54) is 16.3 Å². The minimum Gasteiger partial charge on any atom is -0.355 e. The minimum absolute atomic E-state index is 0.412. The zero-order valence-corrected chi connectivity index (χ0v) is 26.7. The van der Waals surface area contributed by atoms with E-state index in [0.717, 1.165) is 55.3 Å². The molecule has 0 amide bonds. The van der Waals surface area contributed by atoms with Crippen LogP contribution in [0.25, 0.3) is 95.0 Å². The number of fused-ring (bicyclic) bond motifs is 6. The van der Waals surface area contributed by atoms with Gasteiger partial charge < -0.3 is 4.98 Å². The topological polar surface area (TPSA) is 85.2 Å². The molecule has 7 nitrogen and oxygen atoms in total. The Hall–Kier alpha value is -6.99. The maximum Gasteiger partial charge on any atom is 0.201 e. The van der Waals surface area contributed by atoms with Gasteiger partial charge in [0.25, 0.3) is 0 Å². The second-order valence-electron chi connectivity index (χ2n) is 12.3. The number of aromatic nitrogens is 7. The molecule has 4 heterocycles. The average Bonchev–Trinajstić information content (AvgIpc) is 3.73. The van der Waals surface area contributed by atoms with E-state index in [4.69, 9.17) is 19.9 Å². The summed E-state index contributed by atoms with van der Waals surface area (Å²) in [6, 6.07) is 52.0. The summed E-state index contributed by atoms with van der Waals surface area (Å²) in [6.45, 7) is 0. The molecule has 6 aromatic carbocycles. The van der Waals surface area contributed by atoms with Gasteiger partial charge in [0.2, 0.25) is 5.82 Å². The normalized spacial score (nSPS) is 11.6. The zero-order valence-electron chi connectivity index (χ0n) is 26.7. The number of para-hydroxylation sites is 2. The van der Waals surface area contributed by atoms with E-state index < -0.39 is 0 Å². The van der Waals surface area contributed by atoms with Crippen molar-refractivity contribution in [3.05, 3.63) is 158 Å². The molecule has 0 aliphatic carbocycles. The summed E-state index contributed by atoms with van der Waals surface area (Å²) in [4.78, 5) is 27.9. The van der Waals surface area contributed by atoms with Gasteiger partial charge in [-0.2, -0.15) is 0 Å². The number of nitrogens with zero attached hydrogens (tertiary/aromatic N) is 6. The molecule has 0 unspecified atom stereocenters. The largest absolute Gasteiger partial charge is 0.355 e. The first-order chi connectivity index (χ1) is 24.8. The Morgan fingerprint density at radius 3 is 1.72 bits per heavy atom. The van der Waals surface area contributed by atoms with Crippen LogP contribution in [0.5, 0.6) is 0 Å². The van der Waals surface area contributed by atoms with Crippen LogP contribution in [0.4, 0.5) is 0 Å². The van der Waals surface area contributed by atoms with Gasteiger partial charge in [-0.25, -0.2) is 24.9 Å². The molecule has 1 N–H and O–H groups in total. The Kier molecular flexibility index (Phi) is 6.35. The van der Waals surface area contributed by atoms with Crippen molar-refractivity contribution >= 4 is 43.6 Å². The third kappa shape index (κ3) is 4.64. The fourth-order valence-corrected chi connectivity index (χ4v) is 6.92. The summed E-state index contributed by atoms with van der Waals surface area (Å²) < 4.78 is 2.19. The van der Waals surface area contributed by atoms with Gasteiger partial charge in [-0.15, -0.1) is 0 Å². The van der Waals surface area contributed by atoms with Gasteiger partial charge in [0, 0.05) is 49.9 Å². The number of benzene rings is 6. The summed E-state index contributed by atoms with van der Waals surface area (Å²) in [5, 5.41) is 4.75. The van der Waals surface area contributed by atoms with Crippen LogP contribution in [0, 0.1) is 0 Å². The summed E-state index contributed by atoms with van der Waals surface area (Å²) in [5.41, 5.74) is 8.51. The summed E-state index contributed by atoms with van der Waals surface area (Å²) in [6.07, 6.45) is 1.78. The standard InChI is InChI=1S/C43H27N7/c1-3-11-27(12-4-1)40-47-41(28-13-5-2-6-14-28)49-43(48-40)42-44-24-23-39(46-42)50-37-18-10-8-16-32(37)34-26-30(20-22-38(34)50)29-19-21-36-33(25-29)31-15-7-9-17-35(31)45-36/h1-26,45H. The highest BCUT2D eigenvalue weighted by atomic mass is 15.1. The lowest BCUT2D eigenvalue weighted by atomic mass is 10.0. The molecule has 0 radical (unpaired) electrons. The Labute approximate surface area is 286 Å². The van der Waals surface area contributed by atoms with Crippen molar-refractivity contribution in [1.29, 1.82) is 0 Å². The molecule has 4 aromatic heterocycles. The molecule has 50 heavy (non-hydrogen) atoms. The fraction of sp³-hybridized carbons (Fsp3) is 0. The van der Waals surface area contributed by atoms with Gasteiger partial charge in [0.15, 0.2) is 17.5 Å². The number of aromatic amines is 1. The van der Waals surface area contributed by atoms with E-state index in [-0.39, 0.29) is 0 Å². The highest BCUT2D eigenvalue weighted by Gasteiger charge is 2.18. The molecule has 10 rings (SSSR count). The first-order valence-electron chi connectivity index (χ1n) is 16.5. The van der Waals surface area contributed by atoms with Gasteiger partial charge in [-0.1, -0.05) is 109 Å². The molecule has 0 atom stereocenters. The van der Waals surface area contributed by atoms with Crippen molar-refractivity contribution in [3.8, 4) is 51.4 Å². The Morgan fingerprint density at radius 2 is 0.960 bits per heavy atom. The van der Waals surface area contributed by atoms with Crippen molar-refractivity contribution in [3.63, 3.8) is 0 Å². The predicted molar refractivity (Wildman–Crippen MR) is 201 cm³/mol. The monoisotopic (exact) mass is 641 g/mol. The van der Waals surface area contributed by atoms with Crippen molar-refractivity contribution in [2.24, 2.45) is 0 Å². The molecular weight excluding hydrogens is 615 g/mol. The third-order valence-corrected chi connectivity index (χ3v) is 9.28. The lowest BCUT2D eigenvalue weighted by Crippen LogP contribution is -2.05. The van der Waals surface area contributed by atoms with Crippen molar-refractivity contribution in [2.45, 2.75) is 0 Å². The van der Waals surface area contributed by atoms with Crippen LogP contribution in [-0.4, -0.2) is 34.5 Å². The van der Waals surface area contributed by atoms with Crippen LogP contribution in [0.2, 0.25) is 0 Å². The SMILES string of the molecule is c1ccc(-c2nc(-c3ccccc3)nc(-c3nccc(-n4c5ccccc5c5cc(-c6ccc7[nH]c8ccccc8c7c6)ccc54)n3)n2)cc1. The van der Waals surface area contributed by atoms with Gasteiger partial charge >= 0.3 is 0 Å². The van der Waals surface area contributed by atoms with Crippen LogP contribution in [0.15, 0.2) is 158 Å². The third-order valence-electron chi connectivity index (χ3n) is 9.28. The molecule has 0 spiro atoms. The summed E-state index contributed by atoms with van der Waals surface area (Å²) >= 11 is 0. The van der Waals surface area contributed by atoms with Crippen LogP contribution in [0.3, 0.4) is 0 Å². The van der Waals surface area contributed by atoms with Crippen molar-refractivity contribution in [1.82, 2.24) is 34.5 Å². The van der Waals surface area contributed by atoms with Crippen LogP contribution < -0.4 is 0 Å². The van der Waals surface area contributed by atoms with E-state index in [1.807, 2.05) is 66.7 Å². The molecule has 0 fully saturated rings. The number of hydrogen-bond donors (Lipinski definition) is 1. The van der Waals surface area contributed by atoms with Crippen LogP contribution in [-0.2, 0) is 0 Å². The molecule has 7 heteroatoms. The van der Waals surface area contributed by atoms with Crippen molar-refractivity contribution in [2.75, 3.05) is 0 Å². The van der Waals surface area contributed by atoms with Crippen molar-refractivity contribution < 1.29 is 0 Å². The molecule has 0 saturated heterocycles. The second kappa shape index (κ2) is 11.3. The lowest BCUT2D eigenvalue weighted by Gasteiger charge is -2.10. The summed E-state index contributed by atoms with van der Waals surface area (Å²) in [7, 11) is 0. The van der Waals surface area contributed by atoms with E-state index in [1.54, 1.807) is 6.20 Å². The maximum absolute atomic E-state index is 5.09. The number of H-pyrrole nitrogens is 1. The molecule has 0 aliphatic rings. The van der Waals surface area contributed by atoms with Crippen LogP contribution >= 0.6 is 0 Å². The highest BCUT2D eigenvalue weighted by molar-refractivity contribution is 6.11. The Bertz CT molecular complexity index is 2820. The fourth-order valence-electron chi connectivity index (χ4n) is 6.92. The van der Waals surface area contributed by atoms with Crippen LogP contribution in [0.1, 0.15) is 0 Å². The zero-order chi connectivity index (χ0) is 33.0. The van der Waals surface area contributed by atoms with E-state index in [0.29, 0.717) is 23.3 Å². The average molecular weight is 642 g/mol. The Balaban J connectivity index is 1.12. The number of hydrogen-bond acceptors (Lipinski definition) is 5. The van der Waals surface area contributed by atoms with E-state index in [2.05, 4.69) is 99.5 Å². The molecular formula is C43H27N7. The van der Waals surface area contributed by atoms with E-state index >= 15 is 0 Å². The van der Waals surface area contributed by atoms with Gasteiger partial charge in [0.05, 0.1) is 11.0 Å². The van der Waals surface area contributed by atoms with Gasteiger partial charge in [-0.3, -0.25) is 4.57 Å². The molecule has 0 bridgehead atoms. The lowest BCUT2D eigenvalue weighted by molar-refractivity contribution is 0.996. The Morgan fingerprint density at radius 1 is 0.380 bits per heavy atom. The smallest absolute Gasteiger partial charge is 0.201 e. The van der Waals surface area contributed by atoms with Gasteiger partial charge in [-0.05, 0) is 53.6 Å².